The van der Waals surface area contributed by atoms with E-state index in [1.165, 1.54) is 16.2 Å². The molecule has 1 atom stereocenters. The van der Waals surface area contributed by atoms with Gasteiger partial charge in [-0.1, -0.05) is 18.2 Å². The second kappa shape index (κ2) is 6.19. The Morgan fingerprint density at radius 1 is 1.30 bits per heavy atom. The molecule has 2 aliphatic rings. The van der Waals surface area contributed by atoms with Crippen LogP contribution in [0.3, 0.4) is 0 Å². The smallest absolute Gasteiger partial charge is 0.303 e. The number of carbonyl (C=O) groups is 1. The zero-order valence-electron chi connectivity index (χ0n) is 11.6. The Labute approximate surface area is 124 Å². The Morgan fingerprint density at radius 3 is 2.80 bits per heavy atom. The summed E-state index contributed by atoms with van der Waals surface area (Å²) in [5, 5.41) is 8.85. The minimum atomic E-state index is -0.649. The van der Waals surface area contributed by atoms with Crippen LogP contribution in [0, 0.1) is 5.92 Å². The first-order chi connectivity index (χ1) is 9.72. The molecule has 1 fully saturated rings. The van der Waals surface area contributed by atoms with Gasteiger partial charge in [0, 0.05) is 29.5 Å². The summed E-state index contributed by atoms with van der Waals surface area (Å²) >= 11 is 1.97. The van der Waals surface area contributed by atoms with Crippen molar-refractivity contribution in [2.75, 3.05) is 25.4 Å². The molecule has 2 heterocycles. The van der Waals surface area contributed by atoms with E-state index in [1.807, 2.05) is 11.8 Å². The highest BCUT2D eigenvalue weighted by molar-refractivity contribution is 7.99. The molecule has 0 saturated carbocycles. The van der Waals surface area contributed by atoms with Crippen LogP contribution >= 0.6 is 11.8 Å². The molecule has 1 aromatic rings. The van der Waals surface area contributed by atoms with Crippen LogP contribution in [-0.2, 0) is 4.79 Å². The lowest BCUT2D eigenvalue weighted by Crippen LogP contribution is -2.37. The highest BCUT2D eigenvalue weighted by Crippen LogP contribution is 2.40. The number of thioether (sulfide) groups is 1. The second-order valence-electron chi connectivity index (χ2n) is 5.89. The van der Waals surface area contributed by atoms with Gasteiger partial charge in [-0.2, -0.15) is 0 Å². The number of likely N-dealkylation sites (tertiary alicyclic amines) is 1. The van der Waals surface area contributed by atoms with Crippen LogP contribution in [0.1, 0.15) is 30.7 Å². The van der Waals surface area contributed by atoms with Gasteiger partial charge in [-0.3, -0.25) is 4.79 Å². The molecule has 1 aromatic carbocycles. The molecule has 0 bridgehead atoms. The number of benzene rings is 1. The lowest BCUT2D eigenvalue weighted by molar-refractivity contribution is -0.138. The number of fused-ring (bicyclic) bond motifs is 1. The third-order valence-corrected chi connectivity index (χ3v) is 5.70. The number of carboxylic acid groups (broad SMARTS) is 1. The van der Waals surface area contributed by atoms with Gasteiger partial charge in [0.25, 0.3) is 0 Å². The van der Waals surface area contributed by atoms with Crippen molar-refractivity contribution < 1.29 is 9.90 Å². The van der Waals surface area contributed by atoms with Crippen molar-refractivity contribution in [1.82, 2.24) is 4.90 Å². The Bertz CT molecular complexity index is 483. The number of hydrogen-bond acceptors (Lipinski definition) is 3. The van der Waals surface area contributed by atoms with Crippen LogP contribution in [-0.4, -0.2) is 41.4 Å². The predicted octanol–water partition coefficient (Wildman–Crippen LogP) is 3.06. The molecule has 1 saturated heterocycles. The molecule has 108 valence electrons. The topological polar surface area (TPSA) is 40.5 Å². The molecule has 0 spiro atoms. The monoisotopic (exact) mass is 291 g/mol. The number of hydrogen-bond donors (Lipinski definition) is 1. The Hall–Kier alpha value is -1.00. The van der Waals surface area contributed by atoms with Gasteiger partial charge in [0.2, 0.25) is 0 Å². The van der Waals surface area contributed by atoms with Gasteiger partial charge in [0.15, 0.2) is 0 Å². The molecule has 1 N–H and O–H groups in total. The second-order valence-corrected chi connectivity index (χ2v) is 6.95. The SMILES string of the molecule is O=C(O)CC1CCN(CC2CSc3ccccc32)CC1. The average molecular weight is 291 g/mol. The molecule has 3 rings (SSSR count). The highest BCUT2D eigenvalue weighted by atomic mass is 32.2. The van der Waals surface area contributed by atoms with Crippen molar-refractivity contribution in [2.24, 2.45) is 5.92 Å². The summed E-state index contributed by atoms with van der Waals surface area (Å²) in [6, 6.07) is 8.73. The fourth-order valence-electron chi connectivity index (χ4n) is 3.31. The van der Waals surface area contributed by atoms with E-state index in [9.17, 15) is 4.79 Å². The number of piperidine rings is 1. The Morgan fingerprint density at radius 2 is 2.05 bits per heavy atom. The van der Waals surface area contributed by atoms with Crippen molar-refractivity contribution in [3.63, 3.8) is 0 Å². The summed E-state index contributed by atoms with van der Waals surface area (Å²) in [5.74, 6) is 1.57. The summed E-state index contributed by atoms with van der Waals surface area (Å²) in [7, 11) is 0. The molecule has 0 amide bonds. The molecule has 20 heavy (non-hydrogen) atoms. The van der Waals surface area contributed by atoms with Crippen LogP contribution in [0.4, 0.5) is 0 Å². The largest absolute Gasteiger partial charge is 0.481 e. The molecule has 4 heteroatoms. The van der Waals surface area contributed by atoms with Crippen molar-refractivity contribution >= 4 is 17.7 Å². The minimum Gasteiger partial charge on any atom is -0.481 e. The van der Waals surface area contributed by atoms with Crippen molar-refractivity contribution in [2.45, 2.75) is 30.1 Å². The van der Waals surface area contributed by atoms with Gasteiger partial charge in [0.1, 0.15) is 0 Å². The summed E-state index contributed by atoms with van der Waals surface area (Å²) < 4.78 is 0. The van der Waals surface area contributed by atoms with E-state index >= 15 is 0 Å². The maximum Gasteiger partial charge on any atom is 0.303 e. The van der Waals surface area contributed by atoms with Gasteiger partial charge in [0.05, 0.1) is 0 Å². The van der Waals surface area contributed by atoms with Crippen LogP contribution in [0.5, 0.6) is 0 Å². The number of carboxylic acids is 1. The van der Waals surface area contributed by atoms with Crippen LogP contribution in [0.2, 0.25) is 0 Å². The van der Waals surface area contributed by atoms with Crippen LogP contribution in [0.15, 0.2) is 29.2 Å². The molecule has 3 nitrogen and oxygen atoms in total. The van der Waals surface area contributed by atoms with Gasteiger partial charge in [-0.25, -0.2) is 0 Å². The first kappa shape index (κ1) is 14.0. The van der Waals surface area contributed by atoms with E-state index in [0.29, 0.717) is 18.3 Å². The average Bonchev–Trinajstić information content (AvgIpc) is 2.84. The molecule has 0 aliphatic carbocycles. The van der Waals surface area contributed by atoms with Crippen molar-refractivity contribution in [1.29, 1.82) is 0 Å². The maximum atomic E-state index is 10.7. The number of rotatable bonds is 4. The van der Waals surface area contributed by atoms with Crippen molar-refractivity contribution in [3.05, 3.63) is 29.8 Å². The molecular weight excluding hydrogens is 270 g/mol. The fourth-order valence-corrected chi connectivity index (χ4v) is 4.55. The van der Waals surface area contributed by atoms with Gasteiger partial charge >= 0.3 is 5.97 Å². The molecule has 2 aliphatic heterocycles. The number of nitrogens with zero attached hydrogens (tertiary/aromatic N) is 1. The quantitative estimate of drug-likeness (QED) is 0.925. The standard InChI is InChI=1S/C16H21NO2S/c18-16(19)9-12-5-7-17(8-6-12)10-13-11-20-15-4-2-1-3-14(13)15/h1-4,12-13H,5-11H2,(H,18,19). The van der Waals surface area contributed by atoms with E-state index in [4.69, 9.17) is 5.11 Å². The number of aliphatic carboxylic acids is 1. The van der Waals surface area contributed by atoms with E-state index < -0.39 is 5.97 Å². The van der Waals surface area contributed by atoms with Gasteiger partial charge < -0.3 is 10.0 Å². The van der Waals surface area contributed by atoms with Gasteiger partial charge in [-0.05, 0) is 43.5 Å². The highest BCUT2D eigenvalue weighted by Gasteiger charge is 2.27. The Balaban J connectivity index is 1.52. The van der Waals surface area contributed by atoms with E-state index in [0.717, 1.165) is 32.5 Å². The summed E-state index contributed by atoms with van der Waals surface area (Å²) in [4.78, 5) is 14.7. The predicted molar refractivity (Wildman–Crippen MR) is 81.3 cm³/mol. The summed E-state index contributed by atoms with van der Waals surface area (Å²) in [6.45, 7) is 3.24. The van der Waals surface area contributed by atoms with E-state index in [-0.39, 0.29) is 0 Å². The fraction of sp³-hybridized carbons (Fsp3) is 0.562. The summed E-state index contributed by atoms with van der Waals surface area (Å²) in [5.41, 5.74) is 1.50. The first-order valence-corrected chi connectivity index (χ1v) is 8.37. The Kier molecular flexibility index (Phi) is 4.32. The molecule has 0 radical (unpaired) electrons. The zero-order valence-corrected chi connectivity index (χ0v) is 12.4. The normalized spacial score (nSPS) is 23.7. The van der Waals surface area contributed by atoms with Crippen LogP contribution in [0.25, 0.3) is 0 Å². The maximum absolute atomic E-state index is 10.7. The molecule has 0 aromatic heterocycles. The third-order valence-electron chi connectivity index (χ3n) is 4.45. The lowest BCUT2D eigenvalue weighted by Gasteiger charge is -2.33. The van der Waals surface area contributed by atoms with Gasteiger partial charge in [-0.15, -0.1) is 11.8 Å². The van der Waals surface area contributed by atoms with E-state index in [2.05, 4.69) is 29.2 Å². The summed E-state index contributed by atoms with van der Waals surface area (Å²) in [6.07, 6.45) is 2.41. The lowest BCUT2D eigenvalue weighted by atomic mass is 9.92. The first-order valence-electron chi connectivity index (χ1n) is 7.38. The van der Waals surface area contributed by atoms with E-state index in [1.54, 1.807) is 0 Å². The van der Waals surface area contributed by atoms with Crippen molar-refractivity contribution in [3.8, 4) is 0 Å². The molecule has 1 unspecified atom stereocenters. The zero-order chi connectivity index (χ0) is 13.9. The van der Waals surface area contributed by atoms with Crippen LogP contribution < -0.4 is 0 Å². The third kappa shape index (κ3) is 3.18. The minimum absolute atomic E-state index is 0.343. The molecular formula is C16H21NO2S.